The van der Waals surface area contributed by atoms with E-state index in [2.05, 4.69) is 197 Å². The number of benzene rings is 11. The Morgan fingerprint density at radius 1 is 0.286 bits per heavy atom. The molecule has 0 bridgehead atoms. The fourth-order valence-corrected chi connectivity index (χ4v) is 13.1. The summed E-state index contributed by atoms with van der Waals surface area (Å²) in [4.78, 5) is 0. The lowest BCUT2D eigenvalue weighted by molar-refractivity contribution is 1.14. The lowest BCUT2D eigenvalue weighted by Crippen LogP contribution is -2.59. The van der Waals surface area contributed by atoms with Gasteiger partial charge in [0.05, 0.1) is 22.1 Å². The summed E-state index contributed by atoms with van der Waals surface area (Å²) < 4.78 is 5.34. The summed E-state index contributed by atoms with van der Waals surface area (Å²) in [7, 11) is 0. The van der Waals surface area contributed by atoms with Crippen molar-refractivity contribution in [3.63, 3.8) is 0 Å². The second-order valence-electron chi connectivity index (χ2n) is 18.3. The average molecular weight is 791 g/mol. The van der Waals surface area contributed by atoms with E-state index in [4.69, 9.17) is 0 Å². The van der Waals surface area contributed by atoms with Gasteiger partial charge in [-0.2, -0.15) is 0 Å². The summed E-state index contributed by atoms with van der Waals surface area (Å²) in [5, 5.41) is 13.3. The molecule has 2 aliphatic heterocycles. The smallest absolute Gasteiger partial charge is 0.252 e. The van der Waals surface area contributed by atoms with E-state index < -0.39 is 0 Å². The highest BCUT2D eigenvalue weighted by Gasteiger charge is 2.43. The number of hydrogen-bond donors (Lipinski definition) is 0. The fourth-order valence-electron chi connectivity index (χ4n) is 13.1. The van der Waals surface area contributed by atoms with Gasteiger partial charge in [-0.3, -0.25) is 0 Å². The molecule has 0 spiro atoms. The van der Waals surface area contributed by atoms with E-state index in [9.17, 15) is 0 Å². The molecular formula is C60H31BN2. The van der Waals surface area contributed by atoms with Crippen molar-refractivity contribution in [1.82, 2.24) is 9.13 Å². The first-order valence-corrected chi connectivity index (χ1v) is 22.2. The molecule has 0 amide bonds. The molecule has 0 atom stereocenters. The second-order valence-corrected chi connectivity index (χ2v) is 18.3. The van der Waals surface area contributed by atoms with Crippen LogP contribution >= 0.6 is 0 Å². The fraction of sp³-hybridized carbons (Fsp3) is 0. The summed E-state index contributed by atoms with van der Waals surface area (Å²) in [5.74, 6) is 0. The van der Waals surface area contributed by atoms with Gasteiger partial charge in [-0.15, -0.1) is 0 Å². The number of nitrogens with zero attached hydrogens (tertiary/aromatic N) is 2. The maximum absolute atomic E-state index is 2.67. The molecule has 4 heterocycles. The van der Waals surface area contributed by atoms with Crippen molar-refractivity contribution in [1.29, 1.82) is 0 Å². The first kappa shape index (κ1) is 31.7. The van der Waals surface area contributed by atoms with Crippen LogP contribution in [0.15, 0.2) is 188 Å². The summed E-state index contributed by atoms with van der Waals surface area (Å²) in [6.45, 7) is 0.0332. The second kappa shape index (κ2) is 10.7. The van der Waals surface area contributed by atoms with Crippen molar-refractivity contribution in [2.24, 2.45) is 0 Å². The van der Waals surface area contributed by atoms with Gasteiger partial charge in [0.15, 0.2) is 0 Å². The van der Waals surface area contributed by atoms with Gasteiger partial charge in [0.25, 0.3) is 6.71 Å². The molecule has 0 fully saturated rings. The molecule has 0 radical (unpaired) electrons. The van der Waals surface area contributed by atoms with Crippen molar-refractivity contribution >= 4 is 99.0 Å². The number of rotatable bonds is 1. The van der Waals surface area contributed by atoms with Crippen LogP contribution in [0, 0.1) is 0 Å². The molecule has 3 heteroatoms. The minimum absolute atomic E-state index is 0.0332. The Hall–Kier alpha value is -8.14. The van der Waals surface area contributed by atoms with Gasteiger partial charge >= 0.3 is 0 Å². The van der Waals surface area contributed by atoms with Crippen LogP contribution in [-0.2, 0) is 0 Å². The first-order chi connectivity index (χ1) is 31.3. The molecule has 0 saturated carbocycles. The minimum Gasteiger partial charge on any atom is -0.310 e. The Bertz CT molecular complexity index is 4150. The third kappa shape index (κ3) is 3.56. The van der Waals surface area contributed by atoms with Crippen molar-refractivity contribution in [3.8, 4) is 67.0 Å². The Morgan fingerprint density at radius 2 is 0.730 bits per heavy atom. The lowest BCUT2D eigenvalue weighted by atomic mass is 9.34. The quantitative estimate of drug-likeness (QED) is 0.147. The maximum Gasteiger partial charge on any atom is 0.252 e. The molecule has 0 unspecified atom stereocenters. The highest BCUT2D eigenvalue weighted by atomic mass is 15.0. The number of fused-ring (bicyclic) bond motifs is 13. The van der Waals surface area contributed by atoms with E-state index in [-0.39, 0.29) is 6.71 Å². The highest BCUT2D eigenvalue weighted by Crippen LogP contribution is 2.53. The van der Waals surface area contributed by atoms with E-state index in [1.54, 1.807) is 0 Å². The topological polar surface area (TPSA) is 9.86 Å². The summed E-state index contributed by atoms with van der Waals surface area (Å²) >= 11 is 0. The molecule has 0 N–H and O–H groups in total. The average Bonchev–Trinajstić information content (AvgIpc) is 3.80. The van der Waals surface area contributed by atoms with E-state index in [0.29, 0.717) is 0 Å². The molecule has 0 saturated heterocycles. The van der Waals surface area contributed by atoms with Crippen LogP contribution in [0.3, 0.4) is 0 Å². The van der Waals surface area contributed by atoms with Crippen molar-refractivity contribution in [3.05, 3.63) is 188 Å². The molecule has 2 aromatic heterocycles. The van der Waals surface area contributed by atoms with Crippen LogP contribution in [0.4, 0.5) is 0 Å². The molecule has 4 aliphatic rings. The van der Waals surface area contributed by atoms with Gasteiger partial charge in [-0.25, -0.2) is 0 Å². The number of hydrogen-bond acceptors (Lipinski definition) is 0. The van der Waals surface area contributed by atoms with Crippen molar-refractivity contribution < 1.29 is 0 Å². The standard InChI is InChI=1S/C60H31BN2/c1-2-10-35-29-36(20-19-32(35)9-1)37-30-50-58-51(31-37)63-49-28-22-34-12-8-18-43-39-14-4-6-16-41(39)45-24-26-47(60(63)55(45)57(49)53(34)43)61(58)46-25-23-44-40-15-5-3-13-38(40)42-17-7-11-33-21-27-48-56(52(33)42)54(44)59(46)62(48)50/h1-31H. The van der Waals surface area contributed by atoms with E-state index in [1.165, 1.54) is 159 Å². The molecule has 13 aromatic rings. The summed E-state index contributed by atoms with van der Waals surface area (Å²) in [6, 6.07) is 72.2. The predicted molar refractivity (Wildman–Crippen MR) is 267 cm³/mol. The molecule has 11 aromatic carbocycles. The van der Waals surface area contributed by atoms with E-state index in [0.717, 1.165) is 0 Å². The third-order valence-electron chi connectivity index (χ3n) is 15.5. The van der Waals surface area contributed by atoms with Crippen LogP contribution in [0.25, 0.3) is 143 Å². The van der Waals surface area contributed by atoms with Gasteiger partial charge in [-0.1, -0.05) is 158 Å². The van der Waals surface area contributed by atoms with Crippen LogP contribution in [0.5, 0.6) is 0 Å². The number of aromatic nitrogens is 2. The highest BCUT2D eigenvalue weighted by molar-refractivity contribution is 7.00. The van der Waals surface area contributed by atoms with E-state index >= 15 is 0 Å². The molecular weight excluding hydrogens is 759 g/mol. The van der Waals surface area contributed by atoms with Crippen LogP contribution in [0.1, 0.15) is 0 Å². The Kier molecular flexibility index (Phi) is 5.36. The monoisotopic (exact) mass is 790 g/mol. The SMILES string of the molecule is c1ccc2c(c1)-c1cccc3ccc4c(c13)c1c-2ccc2c1n4-c1cc(-c3ccc4ccccc4c3)cc3c1B2c1ccc2c4c5c6c(cccc6ccc5n-3c14)-c1ccccc1-2. The van der Waals surface area contributed by atoms with Gasteiger partial charge in [0.1, 0.15) is 0 Å². The largest absolute Gasteiger partial charge is 0.310 e. The zero-order chi connectivity index (χ0) is 40.4. The lowest BCUT2D eigenvalue weighted by Gasteiger charge is -2.34. The predicted octanol–water partition coefficient (Wildman–Crippen LogP) is 13.4. The molecule has 284 valence electrons. The first-order valence-electron chi connectivity index (χ1n) is 22.2. The summed E-state index contributed by atoms with van der Waals surface area (Å²) in [6.07, 6.45) is 0. The van der Waals surface area contributed by atoms with Crippen LogP contribution < -0.4 is 16.4 Å². The minimum atomic E-state index is 0.0332. The van der Waals surface area contributed by atoms with Gasteiger partial charge < -0.3 is 9.13 Å². The van der Waals surface area contributed by atoms with Gasteiger partial charge in [0, 0.05) is 32.9 Å². The maximum atomic E-state index is 2.67. The van der Waals surface area contributed by atoms with Gasteiger partial charge in [0.2, 0.25) is 0 Å². The van der Waals surface area contributed by atoms with Crippen molar-refractivity contribution in [2.75, 3.05) is 0 Å². The zero-order valence-electron chi connectivity index (χ0n) is 33.9. The Morgan fingerprint density at radius 3 is 1.27 bits per heavy atom. The van der Waals surface area contributed by atoms with Crippen LogP contribution in [0.2, 0.25) is 0 Å². The molecule has 17 rings (SSSR count). The summed E-state index contributed by atoms with van der Waals surface area (Å²) in [5.41, 5.74) is 24.9. The molecule has 63 heavy (non-hydrogen) atoms. The van der Waals surface area contributed by atoms with E-state index in [1.807, 2.05) is 0 Å². The molecule has 2 aliphatic carbocycles. The Balaban J connectivity index is 1.11. The zero-order valence-corrected chi connectivity index (χ0v) is 33.9. The normalized spacial score (nSPS) is 13.4. The Labute approximate surface area is 361 Å². The van der Waals surface area contributed by atoms with Crippen LogP contribution in [-0.4, -0.2) is 15.8 Å². The van der Waals surface area contributed by atoms with Crippen molar-refractivity contribution in [2.45, 2.75) is 0 Å². The molecule has 2 nitrogen and oxygen atoms in total. The van der Waals surface area contributed by atoms with Gasteiger partial charge in [-0.05, 0) is 135 Å². The third-order valence-corrected chi connectivity index (χ3v) is 15.5.